The van der Waals surface area contributed by atoms with Gasteiger partial charge in [-0.1, -0.05) is 25.5 Å². The zero-order valence-electron chi connectivity index (χ0n) is 8.76. The Kier molecular flexibility index (Phi) is 1.86. The Hall–Kier alpha value is -0.590. The monoisotopic (exact) mass is 178 g/mol. The first-order valence-corrected chi connectivity index (χ1v) is 5.25. The van der Waals surface area contributed by atoms with Crippen LogP contribution in [0.2, 0.25) is 0 Å². The predicted molar refractivity (Wildman–Crippen MR) is 53.4 cm³/mol. The van der Waals surface area contributed by atoms with Crippen LogP contribution < -0.4 is 0 Å². The largest absolute Gasteiger partial charge is 0.299 e. The number of rotatable bonds is 0. The maximum atomic E-state index is 11.7. The average Bonchev–Trinajstić information content (AvgIpc) is 2.23. The Bertz CT molecular complexity index is 277. The van der Waals surface area contributed by atoms with Gasteiger partial charge in [-0.25, -0.2) is 0 Å². The van der Waals surface area contributed by atoms with Gasteiger partial charge in [-0.05, 0) is 31.1 Å². The zero-order valence-corrected chi connectivity index (χ0v) is 8.76. The Morgan fingerprint density at radius 3 is 2.85 bits per heavy atom. The lowest BCUT2D eigenvalue weighted by Gasteiger charge is -2.39. The lowest BCUT2D eigenvalue weighted by atomic mass is 9.66. The maximum absolute atomic E-state index is 11.7. The molecule has 13 heavy (non-hydrogen) atoms. The lowest BCUT2D eigenvalue weighted by Crippen LogP contribution is -2.30. The van der Waals surface area contributed by atoms with Gasteiger partial charge in [-0.3, -0.25) is 4.79 Å². The van der Waals surface area contributed by atoms with E-state index in [-0.39, 0.29) is 5.92 Å². The second kappa shape index (κ2) is 2.70. The Labute approximate surface area is 80.2 Å². The minimum absolute atomic E-state index is 0.241. The van der Waals surface area contributed by atoms with Crippen molar-refractivity contribution in [3.8, 4) is 0 Å². The van der Waals surface area contributed by atoms with E-state index < -0.39 is 0 Å². The SMILES string of the molecule is CC1=C[C@H]2C[C@@H](C)[C@]1(C)CCC2=O. The van der Waals surface area contributed by atoms with E-state index in [4.69, 9.17) is 0 Å². The second-order valence-electron chi connectivity index (χ2n) is 4.98. The minimum Gasteiger partial charge on any atom is -0.299 e. The molecule has 2 bridgehead atoms. The third-order valence-corrected chi connectivity index (χ3v) is 4.35. The molecule has 0 aromatic rings. The summed E-state index contributed by atoms with van der Waals surface area (Å²) >= 11 is 0. The van der Waals surface area contributed by atoms with Gasteiger partial charge >= 0.3 is 0 Å². The first-order chi connectivity index (χ1) is 6.04. The fraction of sp³-hybridized carbons (Fsp3) is 0.750. The van der Waals surface area contributed by atoms with Crippen LogP contribution in [0.1, 0.15) is 40.0 Å². The van der Waals surface area contributed by atoms with Crippen LogP contribution in [0, 0.1) is 17.3 Å². The first-order valence-electron chi connectivity index (χ1n) is 5.25. The van der Waals surface area contributed by atoms with Crippen molar-refractivity contribution in [2.45, 2.75) is 40.0 Å². The molecule has 3 aliphatic rings. The second-order valence-corrected chi connectivity index (χ2v) is 4.98. The van der Waals surface area contributed by atoms with E-state index in [1.165, 1.54) is 5.57 Å². The molecule has 0 radical (unpaired) electrons. The predicted octanol–water partition coefficient (Wildman–Crippen LogP) is 2.96. The van der Waals surface area contributed by atoms with Crippen LogP contribution in [0.15, 0.2) is 11.6 Å². The summed E-state index contributed by atoms with van der Waals surface area (Å²) in [7, 11) is 0. The normalized spacial score (nSPS) is 44.5. The summed E-state index contributed by atoms with van der Waals surface area (Å²) in [5, 5.41) is 0. The molecule has 3 atom stereocenters. The molecular formula is C12H18O. The van der Waals surface area contributed by atoms with Gasteiger partial charge in [0.15, 0.2) is 0 Å². The zero-order chi connectivity index (χ0) is 9.64. The molecule has 0 heterocycles. The standard InChI is InChI=1S/C12H18O/c1-8-6-10-7-9(2)12(8,3)5-4-11(10)13/h6,9-10H,4-5,7H2,1-3H3/t9-,10+,12-/m1/s1. The van der Waals surface area contributed by atoms with Crippen molar-refractivity contribution in [2.24, 2.45) is 17.3 Å². The van der Waals surface area contributed by atoms with E-state index in [0.717, 1.165) is 19.3 Å². The number of allylic oxidation sites excluding steroid dienone is 2. The van der Waals surface area contributed by atoms with Gasteiger partial charge < -0.3 is 0 Å². The van der Waals surface area contributed by atoms with Crippen molar-refractivity contribution in [3.05, 3.63) is 11.6 Å². The highest BCUT2D eigenvalue weighted by Gasteiger charge is 2.42. The molecule has 0 aromatic carbocycles. The third-order valence-electron chi connectivity index (χ3n) is 4.35. The molecule has 3 rings (SSSR count). The molecule has 0 aliphatic heterocycles. The summed E-state index contributed by atoms with van der Waals surface area (Å²) in [4.78, 5) is 11.7. The molecule has 0 aromatic heterocycles. The highest BCUT2D eigenvalue weighted by molar-refractivity contribution is 5.84. The van der Waals surface area contributed by atoms with Crippen molar-refractivity contribution < 1.29 is 4.79 Å². The molecule has 0 unspecified atom stereocenters. The minimum atomic E-state index is 0.241. The summed E-state index contributed by atoms with van der Waals surface area (Å²) in [5.74, 6) is 1.38. The van der Waals surface area contributed by atoms with Crippen LogP contribution in [0.5, 0.6) is 0 Å². The number of fused-ring (bicyclic) bond motifs is 3. The number of carbonyl (C=O) groups excluding carboxylic acids is 1. The van der Waals surface area contributed by atoms with Crippen LogP contribution in [-0.4, -0.2) is 5.78 Å². The lowest BCUT2D eigenvalue weighted by molar-refractivity contribution is -0.121. The first kappa shape index (κ1) is 8.98. The van der Waals surface area contributed by atoms with Crippen LogP contribution >= 0.6 is 0 Å². The molecule has 1 heteroatoms. The number of carbonyl (C=O) groups is 1. The van der Waals surface area contributed by atoms with E-state index in [1.54, 1.807) is 0 Å². The maximum Gasteiger partial charge on any atom is 0.139 e. The highest BCUT2D eigenvalue weighted by Crippen LogP contribution is 2.49. The van der Waals surface area contributed by atoms with E-state index in [0.29, 0.717) is 17.1 Å². The molecule has 72 valence electrons. The Morgan fingerprint density at radius 2 is 2.23 bits per heavy atom. The van der Waals surface area contributed by atoms with Crippen molar-refractivity contribution in [1.29, 1.82) is 0 Å². The molecular weight excluding hydrogens is 160 g/mol. The molecule has 0 saturated heterocycles. The van der Waals surface area contributed by atoms with Crippen LogP contribution in [0.25, 0.3) is 0 Å². The molecule has 3 aliphatic carbocycles. The van der Waals surface area contributed by atoms with Gasteiger partial charge in [0.1, 0.15) is 5.78 Å². The Morgan fingerprint density at radius 1 is 1.54 bits per heavy atom. The number of Topliss-reactive ketones (excluding diaryl/α,β-unsaturated/α-hetero) is 1. The quantitative estimate of drug-likeness (QED) is 0.521. The van der Waals surface area contributed by atoms with Crippen molar-refractivity contribution >= 4 is 5.78 Å². The van der Waals surface area contributed by atoms with Gasteiger partial charge in [0.25, 0.3) is 0 Å². The van der Waals surface area contributed by atoms with E-state index in [1.807, 2.05) is 0 Å². The molecule has 1 saturated carbocycles. The van der Waals surface area contributed by atoms with E-state index in [9.17, 15) is 4.79 Å². The summed E-state index contributed by atoms with van der Waals surface area (Å²) < 4.78 is 0. The molecule has 1 fully saturated rings. The van der Waals surface area contributed by atoms with Crippen molar-refractivity contribution in [3.63, 3.8) is 0 Å². The van der Waals surface area contributed by atoms with Gasteiger partial charge in [0.05, 0.1) is 0 Å². The fourth-order valence-electron chi connectivity index (χ4n) is 2.83. The Balaban J connectivity index is 2.45. The summed E-state index contributed by atoms with van der Waals surface area (Å²) in [6, 6.07) is 0. The van der Waals surface area contributed by atoms with Gasteiger partial charge in [-0.2, -0.15) is 0 Å². The summed E-state index contributed by atoms with van der Waals surface area (Å²) in [6.45, 7) is 6.81. The number of hydrogen-bond donors (Lipinski definition) is 0. The van der Waals surface area contributed by atoms with E-state index >= 15 is 0 Å². The van der Waals surface area contributed by atoms with Crippen LogP contribution in [0.3, 0.4) is 0 Å². The smallest absolute Gasteiger partial charge is 0.139 e. The summed E-state index contributed by atoms with van der Waals surface area (Å²) in [6.07, 6.45) is 5.15. The topological polar surface area (TPSA) is 17.1 Å². The summed E-state index contributed by atoms with van der Waals surface area (Å²) in [5.41, 5.74) is 1.75. The van der Waals surface area contributed by atoms with Gasteiger partial charge in [0.2, 0.25) is 0 Å². The van der Waals surface area contributed by atoms with Crippen molar-refractivity contribution in [2.75, 3.05) is 0 Å². The van der Waals surface area contributed by atoms with E-state index in [2.05, 4.69) is 26.8 Å². The average molecular weight is 178 g/mol. The number of ketones is 1. The molecule has 0 spiro atoms. The molecule has 1 nitrogen and oxygen atoms in total. The van der Waals surface area contributed by atoms with Crippen molar-refractivity contribution in [1.82, 2.24) is 0 Å². The van der Waals surface area contributed by atoms with Crippen LogP contribution in [-0.2, 0) is 4.79 Å². The van der Waals surface area contributed by atoms with Gasteiger partial charge in [-0.15, -0.1) is 0 Å². The fourth-order valence-corrected chi connectivity index (χ4v) is 2.83. The molecule has 0 amide bonds. The third kappa shape index (κ3) is 1.17. The van der Waals surface area contributed by atoms with Crippen LogP contribution in [0.4, 0.5) is 0 Å². The number of hydrogen-bond acceptors (Lipinski definition) is 1. The molecule has 0 N–H and O–H groups in total. The highest BCUT2D eigenvalue weighted by atomic mass is 16.1. The van der Waals surface area contributed by atoms with Gasteiger partial charge in [0, 0.05) is 12.3 Å².